The monoisotopic (exact) mass is 425 g/mol. The van der Waals surface area contributed by atoms with E-state index in [1.54, 1.807) is 11.3 Å². The van der Waals surface area contributed by atoms with E-state index < -0.39 is 0 Å². The first-order valence-electron chi connectivity index (χ1n) is 6.05. The van der Waals surface area contributed by atoms with Gasteiger partial charge in [-0.05, 0) is 71.5 Å². The van der Waals surface area contributed by atoms with Gasteiger partial charge in [0.25, 0.3) is 0 Å². The molecule has 0 radical (unpaired) electrons. The summed E-state index contributed by atoms with van der Waals surface area (Å²) in [6.07, 6.45) is 1.09. The van der Waals surface area contributed by atoms with Crippen LogP contribution in [0.4, 0.5) is 0 Å². The highest BCUT2D eigenvalue weighted by atomic mass is 127. The van der Waals surface area contributed by atoms with Crippen molar-refractivity contribution < 1.29 is 0 Å². The molecular weight excluding hydrogens is 412 g/mol. The quantitative estimate of drug-likeness (QED) is 0.601. The van der Waals surface area contributed by atoms with Crippen LogP contribution in [0.25, 0.3) is 0 Å². The van der Waals surface area contributed by atoms with Crippen LogP contribution < -0.4 is 5.32 Å². The van der Waals surface area contributed by atoms with Crippen LogP contribution in [-0.4, -0.2) is 6.54 Å². The molecule has 1 atom stereocenters. The van der Waals surface area contributed by atoms with Crippen LogP contribution in [0.5, 0.6) is 0 Å². The molecule has 0 aliphatic carbocycles. The molecule has 0 aliphatic rings. The zero-order valence-corrected chi connectivity index (χ0v) is 14.9. The lowest BCUT2D eigenvalue weighted by Crippen LogP contribution is -2.23. The molecule has 0 spiro atoms. The van der Waals surface area contributed by atoms with Gasteiger partial charge in [-0.3, -0.25) is 0 Å². The average Bonchev–Trinajstić information content (AvgIpc) is 2.80. The molecule has 19 heavy (non-hydrogen) atoms. The van der Waals surface area contributed by atoms with E-state index in [1.807, 2.05) is 24.3 Å². The molecule has 1 nitrogen and oxygen atoms in total. The zero-order chi connectivity index (χ0) is 13.8. The lowest BCUT2D eigenvalue weighted by Gasteiger charge is -2.19. The van der Waals surface area contributed by atoms with Crippen LogP contribution in [-0.2, 0) is 0 Å². The van der Waals surface area contributed by atoms with E-state index in [-0.39, 0.29) is 6.04 Å². The van der Waals surface area contributed by atoms with Crippen molar-refractivity contribution in [3.05, 3.63) is 53.7 Å². The summed E-state index contributed by atoms with van der Waals surface area (Å²) in [7, 11) is 0. The Hall–Kier alpha value is 0.190. The van der Waals surface area contributed by atoms with Gasteiger partial charge in [-0.1, -0.05) is 30.1 Å². The van der Waals surface area contributed by atoms with Crippen LogP contribution in [0.3, 0.4) is 0 Å². The molecule has 0 bridgehead atoms. The minimum Gasteiger partial charge on any atom is -0.306 e. The third-order valence-electron chi connectivity index (χ3n) is 2.75. The predicted molar refractivity (Wildman–Crippen MR) is 93.6 cm³/mol. The van der Waals surface area contributed by atoms with E-state index in [1.165, 1.54) is 14.0 Å². The Kier molecular flexibility index (Phi) is 5.96. The van der Waals surface area contributed by atoms with Crippen molar-refractivity contribution in [2.45, 2.75) is 19.4 Å². The topological polar surface area (TPSA) is 12.0 Å². The van der Waals surface area contributed by atoms with Gasteiger partial charge in [0, 0.05) is 13.5 Å². The molecule has 2 aromatic rings. The fourth-order valence-electron chi connectivity index (χ4n) is 1.87. The van der Waals surface area contributed by atoms with Gasteiger partial charge in [0.05, 0.1) is 10.4 Å². The van der Waals surface area contributed by atoms with Gasteiger partial charge in [0.15, 0.2) is 0 Å². The molecule has 1 heterocycles. The molecule has 1 aromatic carbocycles. The van der Waals surface area contributed by atoms with Crippen LogP contribution in [0, 0.1) is 3.57 Å². The molecule has 0 fully saturated rings. The number of benzene rings is 1. The van der Waals surface area contributed by atoms with Gasteiger partial charge in [-0.15, -0.1) is 11.3 Å². The summed E-state index contributed by atoms with van der Waals surface area (Å²) < 4.78 is 2.02. The third kappa shape index (κ3) is 4.08. The van der Waals surface area contributed by atoms with E-state index in [2.05, 4.69) is 40.9 Å². The van der Waals surface area contributed by atoms with Crippen LogP contribution in [0.1, 0.15) is 29.8 Å². The fraction of sp³-hybridized carbons (Fsp3) is 0.286. The van der Waals surface area contributed by atoms with Gasteiger partial charge >= 0.3 is 0 Å². The number of thiophene rings is 1. The molecule has 0 saturated carbocycles. The third-order valence-corrected chi connectivity index (χ3v) is 5.26. The first-order chi connectivity index (χ1) is 9.11. The van der Waals surface area contributed by atoms with E-state index in [0.717, 1.165) is 22.3 Å². The number of halogens is 3. The summed E-state index contributed by atoms with van der Waals surface area (Å²) in [5, 5.41) is 4.34. The van der Waals surface area contributed by atoms with Crippen LogP contribution in [0.2, 0.25) is 9.36 Å². The Bertz CT molecular complexity index is 556. The van der Waals surface area contributed by atoms with Gasteiger partial charge in [-0.2, -0.15) is 0 Å². The highest BCUT2D eigenvalue weighted by Crippen LogP contribution is 2.34. The Balaban J connectivity index is 2.39. The Morgan fingerprint density at radius 1 is 1.26 bits per heavy atom. The summed E-state index contributed by atoms with van der Waals surface area (Å²) >= 11 is 16.2. The first-order valence-corrected chi connectivity index (χ1v) is 8.70. The fourth-order valence-corrected chi connectivity index (χ4v) is 3.85. The Morgan fingerprint density at radius 2 is 2.05 bits per heavy atom. The number of rotatable bonds is 5. The van der Waals surface area contributed by atoms with Crippen molar-refractivity contribution in [2.75, 3.05) is 6.54 Å². The number of hydrogen-bond donors (Lipinski definition) is 1. The van der Waals surface area contributed by atoms with Crippen molar-refractivity contribution in [3.63, 3.8) is 0 Å². The standard InChI is InChI=1S/C14H14Cl2INS/c1-2-7-18-14(12-5-6-13(16)19-12)10-8-9(15)3-4-11(10)17/h3-6,8,14,18H,2,7H2,1H3. The molecule has 0 aliphatic heterocycles. The van der Waals surface area contributed by atoms with Crippen molar-refractivity contribution in [3.8, 4) is 0 Å². The molecule has 5 heteroatoms. The number of hydrogen-bond acceptors (Lipinski definition) is 2. The molecule has 2 rings (SSSR count). The highest BCUT2D eigenvalue weighted by Gasteiger charge is 2.18. The summed E-state index contributed by atoms with van der Waals surface area (Å²) in [6.45, 7) is 3.12. The second-order valence-corrected chi connectivity index (χ2v) is 7.54. The van der Waals surface area contributed by atoms with E-state index >= 15 is 0 Å². The normalized spacial score (nSPS) is 12.6. The second kappa shape index (κ2) is 7.27. The van der Waals surface area contributed by atoms with Crippen molar-refractivity contribution in [2.24, 2.45) is 0 Å². The van der Waals surface area contributed by atoms with Gasteiger partial charge in [-0.25, -0.2) is 0 Å². The molecule has 1 aromatic heterocycles. The first kappa shape index (κ1) is 15.6. The molecule has 102 valence electrons. The van der Waals surface area contributed by atoms with Crippen molar-refractivity contribution >= 4 is 57.1 Å². The predicted octanol–water partition coefficient (Wildman–Crippen LogP) is 5.75. The van der Waals surface area contributed by atoms with Crippen molar-refractivity contribution in [1.29, 1.82) is 0 Å². The van der Waals surface area contributed by atoms with E-state index in [9.17, 15) is 0 Å². The highest BCUT2D eigenvalue weighted by molar-refractivity contribution is 14.1. The molecule has 0 amide bonds. The van der Waals surface area contributed by atoms with Crippen LogP contribution >= 0.6 is 57.1 Å². The smallest absolute Gasteiger partial charge is 0.0931 e. The largest absolute Gasteiger partial charge is 0.306 e. The average molecular weight is 426 g/mol. The minimum absolute atomic E-state index is 0.156. The maximum absolute atomic E-state index is 6.13. The van der Waals surface area contributed by atoms with Gasteiger partial charge in [0.1, 0.15) is 0 Å². The minimum atomic E-state index is 0.156. The lowest BCUT2D eigenvalue weighted by atomic mass is 10.1. The molecule has 1 N–H and O–H groups in total. The zero-order valence-electron chi connectivity index (χ0n) is 10.4. The van der Waals surface area contributed by atoms with Crippen molar-refractivity contribution in [1.82, 2.24) is 5.32 Å². The summed E-state index contributed by atoms with van der Waals surface area (Å²) in [5.74, 6) is 0. The van der Waals surface area contributed by atoms with Crippen LogP contribution in [0.15, 0.2) is 30.3 Å². The summed E-state index contributed by atoms with van der Waals surface area (Å²) in [5.41, 5.74) is 1.21. The van der Waals surface area contributed by atoms with E-state index in [0.29, 0.717) is 0 Å². The summed E-state index contributed by atoms with van der Waals surface area (Å²) in [4.78, 5) is 1.22. The van der Waals surface area contributed by atoms with Gasteiger partial charge in [0.2, 0.25) is 0 Å². The van der Waals surface area contributed by atoms with E-state index in [4.69, 9.17) is 23.2 Å². The SMILES string of the molecule is CCCNC(c1ccc(Cl)s1)c1cc(Cl)ccc1I. The molecular formula is C14H14Cl2INS. The Labute approximate surface area is 141 Å². The van der Waals surface area contributed by atoms with Gasteiger partial charge < -0.3 is 5.32 Å². The molecule has 1 unspecified atom stereocenters. The maximum Gasteiger partial charge on any atom is 0.0931 e. The number of nitrogens with one attached hydrogen (secondary N) is 1. The maximum atomic E-state index is 6.13. The molecule has 0 saturated heterocycles. The summed E-state index contributed by atoms with van der Waals surface area (Å²) in [6, 6.07) is 10.2. The Morgan fingerprint density at radius 3 is 2.68 bits per heavy atom. The lowest BCUT2D eigenvalue weighted by molar-refractivity contribution is 0.604. The second-order valence-electron chi connectivity index (χ2n) is 4.19.